The average molecular weight is 179 g/mol. The first-order valence-electron chi connectivity index (χ1n) is 2.89. The number of nitrogens with one attached hydrogen (secondary N) is 1. The van der Waals surface area contributed by atoms with E-state index in [1.807, 2.05) is 11.8 Å². The zero-order chi connectivity index (χ0) is 8.69. The lowest BCUT2D eigenvalue weighted by Crippen LogP contribution is -2.09. The van der Waals surface area contributed by atoms with Crippen molar-refractivity contribution < 1.29 is 19.8 Å². The number of hydrogen-bond donors (Lipinski definition) is 3. The average Bonchev–Trinajstić information content (AvgIpc) is 2.41. The highest BCUT2D eigenvalue weighted by Crippen LogP contribution is 1.99. The van der Waals surface area contributed by atoms with Crippen molar-refractivity contribution in [3.8, 4) is 0 Å². The standard InChI is InChI=1S/C3H7NS.C2H2O4/c1-2-5-3-4-1;3-1(4)2(5)6/h4H,1-3H2;(H,3,4)(H,5,6). The van der Waals surface area contributed by atoms with Crippen LogP contribution >= 0.6 is 11.8 Å². The van der Waals surface area contributed by atoms with Crippen LogP contribution in [0, 0.1) is 0 Å². The number of rotatable bonds is 0. The third-order valence-electron chi connectivity index (χ3n) is 0.810. The van der Waals surface area contributed by atoms with Gasteiger partial charge in [-0.3, -0.25) is 0 Å². The van der Waals surface area contributed by atoms with Gasteiger partial charge >= 0.3 is 11.9 Å². The van der Waals surface area contributed by atoms with Gasteiger partial charge in [-0.1, -0.05) is 0 Å². The maximum atomic E-state index is 9.10. The van der Waals surface area contributed by atoms with Crippen molar-refractivity contribution in [2.75, 3.05) is 18.2 Å². The molecule has 1 aliphatic heterocycles. The molecule has 0 amide bonds. The van der Waals surface area contributed by atoms with Crippen LogP contribution in [-0.4, -0.2) is 40.3 Å². The maximum Gasteiger partial charge on any atom is 0.414 e. The van der Waals surface area contributed by atoms with E-state index in [-0.39, 0.29) is 0 Å². The van der Waals surface area contributed by atoms with E-state index in [4.69, 9.17) is 19.8 Å². The molecule has 64 valence electrons. The van der Waals surface area contributed by atoms with Crippen LogP contribution in [0.1, 0.15) is 0 Å². The number of carboxylic acids is 2. The molecule has 0 aliphatic carbocycles. The molecule has 0 aromatic carbocycles. The maximum absolute atomic E-state index is 9.10. The van der Waals surface area contributed by atoms with Gasteiger partial charge in [0.15, 0.2) is 0 Å². The van der Waals surface area contributed by atoms with Crippen LogP contribution in [0.4, 0.5) is 0 Å². The van der Waals surface area contributed by atoms with Crippen molar-refractivity contribution in [3.63, 3.8) is 0 Å². The van der Waals surface area contributed by atoms with Gasteiger partial charge in [0.1, 0.15) is 0 Å². The summed E-state index contributed by atoms with van der Waals surface area (Å²) in [6, 6.07) is 0. The first kappa shape index (κ1) is 10.2. The van der Waals surface area contributed by atoms with Gasteiger partial charge in [-0.25, -0.2) is 9.59 Å². The van der Waals surface area contributed by atoms with E-state index in [1.54, 1.807) is 0 Å². The Morgan fingerprint density at radius 2 is 1.82 bits per heavy atom. The topological polar surface area (TPSA) is 86.6 Å². The van der Waals surface area contributed by atoms with E-state index in [0.29, 0.717) is 0 Å². The minimum absolute atomic E-state index is 1.17. The minimum atomic E-state index is -1.82. The predicted octanol–water partition coefficient (Wildman–Crippen LogP) is -0.564. The SMILES string of the molecule is C1CSCN1.O=C(O)C(=O)O. The second-order valence-corrected chi connectivity index (χ2v) is 2.77. The molecule has 1 heterocycles. The molecule has 0 spiro atoms. The van der Waals surface area contributed by atoms with Crippen molar-refractivity contribution >= 4 is 23.7 Å². The Hall–Kier alpha value is -0.750. The minimum Gasteiger partial charge on any atom is -0.473 e. The molecule has 6 heteroatoms. The molecule has 0 radical (unpaired) electrons. The molecule has 3 N–H and O–H groups in total. The van der Waals surface area contributed by atoms with Gasteiger partial charge in [-0.15, -0.1) is 11.8 Å². The van der Waals surface area contributed by atoms with E-state index >= 15 is 0 Å². The Balaban J connectivity index is 0.000000183. The second-order valence-electron chi connectivity index (χ2n) is 1.66. The molecule has 5 nitrogen and oxygen atoms in total. The van der Waals surface area contributed by atoms with Gasteiger partial charge in [-0.2, -0.15) is 0 Å². The quantitative estimate of drug-likeness (QED) is 0.432. The van der Waals surface area contributed by atoms with Gasteiger partial charge in [0.25, 0.3) is 0 Å². The van der Waals surface area contributed by atoms with Crippen LogP contribution in [-0.2, 0) is 9.59 Å². The number of aliphatic carboxylic acids is 2. The number of carbonyl (C=O) groups is 2. The van der Waals surface area contributed by atoms with Crippen LogP contribution in [0.5, 0.6) is 0 Å². The molecule has 0 bridgehead atoms. The molecule has 0 atom stereocenters. The lowest BCUT2D eigenvalue weighted by Gasteiger charge is -1.74. The third-order valence-corrected chi connectivity index (χ3v) is 1.71. The fourth-order valence-electron chi connectivity index (χ4n) is 0.361. The van der Waals surface area contributed by atoms with Crippen molar-refractivity contribution in [2.45, 2.75) is 0 Å². The summed E-state index contributed by atoms with van der Waals surface area (Å²) in [5.41, 5.74) is 0. The Morgan fingerprint density at radius 3 is 1.91 bits per heavy atom. The third kappa shape index (κ3) is 7.14. The first-order chi connectivity index (χ1) is 5.14. The van der Waals surface area contributed by atoms with Gasteiger partial charge < -0.3 is 15.5 Å². The molecule has 0 saturated carbocycles. The zero-order valence-electron chi connectivity index (χ0n) is 5.74. The molecule has 1 saturated heterocycles. The summed E-state index contributed by atoms with van der Waals surface area (Å²) in [5, 5.41) is 18.0. The van der Waals surface area contributed by atoms with Crippen molar-refractivity contribution in [2.24, 2.45) is 0 Å². The molecule has 1 aliphatic rings. The molecular formula is C5H9NO4S. The van der Waals surface area contributed by atoms with Gasteiger partial charge in [0.2, 0.25) is 0 Å². The summed E-state index contributed by atoms with van der Waals surface area (Å²) in [5.74, 6) is -1.18. The fourth-order valence-corrected chi connectivity index (χ4v) is 1.08. The summed E-state index contributed by atoms with van der Waals surface area (Å²) in [6.07, 6.45) is 0. The van der Waals surface area contributed by atoms with Crippen LogP contribution in [0.2, 0.25) is 0 Å². The molecule has 1 fully saturated rings. The fraction of sp³-hybridized carbons (Fsp3) is 0.600. The van der Waals surface area contributed by atoms with Crippen molar-refractivity contribution in [1.29, 1.82) is 0 Å². The normalized spacial score (nSPS) is 14.9. The molecule has 1 rings (SSSR count). The highest BCUT2D eigenvalue weighted by Gasteiger charge is 2.04. The lowest BCUT2D eigenvalue weighted by atomic mass is 10.7. The van der Waals surface area contributed by atoms with Crippen molar-refractivity contribution in [1.82, 2.24) is 5.32 Å². The molecule has 0 unspecified atom stereocenters. The molecular weight excluding hydrogens is 170 g/mol. The van der Waals surface area contributed by atoms with Crippen LogP contribution < -0.4 is 5.32 Å². The van der Waals surface area contributed by atoms with E-state index < -0.39 is 11.9 Å². The lowest BCUT2D eigenvalue weighted by molar-refractivity contribution is -0.159. The number of thioether (sulfide) groups is 1. The largest absolute Gasteiger partial charge is 0.473 e. The highest BCUT2D eigenvalue weighted by molar-refractivity contribution is 7.99. The van der Waals surface area contributed by atoms with Crippen LogP contribution in [0.25, 0.3) is 0 Å². The van der Waals surface area contributed by atoms with E-state index in [2.05, 4.69) is 5.32 Å². The van der Waals surface area contributed by atoms with Gasteiger partial charge in [-0.05, 0) is 0 Å². The monoisotopic (exact) mass is 179 g/mol. The molecule has 11 heavy (non-hydrogen) atoms. The van der Waals surface area contributed by atoms with Gasteiger partial charge in [0, 0.05) is 18.2 Å². The summed E-state index contributed by atoms with van der Waals surface area (Å²) in [7, 11) is 0. The summed E-state index contributed by atoms with van der Waals surface area (Å²) in [4.78, 5) is 18.2. The van der Waals surface area contributed by atoms with Gasteiger partial charge in [0.05, 0.1) is 0 Å². The first-order valence-corrected chi connectivity index (χ1v) is 4.04. The smallest absolute Gasteiger partial charge is 0.414 e. The number of carboxylic acid groups (broad SMARTS) is 2. The summed E-state index contributed by atoms with van der Waals surface area (Å²) in [6.45, 7) is 1.21. The molecule has 0 aromatic heterocycles. The Labute approximate surface area is 67.8 Å². The molecule has 0 aromatic rings. The second kappa shape index (κ2) is 5.99. The summed E-state index contributed by atoms with van der Waals surface area (Å²) < 4.78 is 0. The number of hydrogen-bond acceptors (Lipinski definition) is 4. The zero-order valence-corrected chi connectivity index (χ0v) is 6.56. The van der Waals surface area contributed by atoms with Crippen LogP contribution in [0.3, 0.4) is 0 Å². The Morgan fingerprint density at radius 1 is 1.27 bits per heavy atom. The van der Waals surface area contributed by atoms with E-state index in [1.165, 1.54) is 18.2 Å². The van der Waals surface area contributed by atoms with Crippen LogP contribution in [0.15, 0.2) is 0 Å². The summed E-state index contributed by atoms with van der Waals surface area (Å²) >= 11 is 1.96. The highest BCUT2D eigenvalue weighted by atomic mass is 32.2. The van der Waals surface area contributed by atoms with E-state index in [0.717, 1.165) is 0 Å². The predicted molar refractivity (Wildman–Crippen MR) is 40.6 cm³/mol. The Kier molecular flexibility index (Phi) is 5.58. The van der Waals surface area contributed by atoms with E-state index in [9.17, 15) is 0 Å². The Bertz CT molecular complexity index is 126. The van der Waals surface area contributed by atoms with Crippen molar-refractivity contribution in [3.05, 3.63) is 0 Å².